The van der Waals surface area contributed by atoms with Gasteiger partial charge in [-0.2, -0.15) is 16.8 Å². The van der Waals surface area contributed by atoms with Gasteiger partial charge >= 0.3 is 20.2 Å². The third kappa shape index (κ3) is 5.81. The van der Waals surface area contributed by atoms with Crippen LogP contribution in [0.15, 0.2) is 66.7 Å². The van der Waals surface area contributed by atoms with Crippen molar-refractivity contribution in [3.63, 3.8) is 0 Å². The number of hydrogen-bond donors (Lipinski definition) is 0. The molecule has 3 aromatic carbocycles. The maximum Gasteiger partial charge on any atom is 0.306 e. The van der Waals surface area contributed by atoms with Crippen molar-refractivity contribution in [2.75, 3.05) is 19.6 Å². The fourth-order valence-corrected chi connectivity index (χ4v) is 5.61. The zero-order valence-corrected chi connectivity index (χ0v) is 21.3. The molecule has 0 atom stereocenters. The van der Waals surface area contributed by atoms with Gasteiger partial charge in [0, 0.05) is 26.1 Å². The van der Waals surface area contributed by atoms with Gasteiger partial charge in [-0.15, -0.1) is 11.3 Å². The minimum Gasteiger partial charge on any atom is -0.497 e. The van der Waals surface area contributed by atoms with E-state index in [4.69, 9.17) is 13.1 Å². The molecule has 0 unspecified atom stereocenters. The number of ketones is 1. The third-order valence-electron chi connectivity index (χ3n) is 4.85. The fourth-order valence-electron chi connectivity index (χ4n) is 3.45. The van der Waals surface area contributed by atoms with Gasteiger partial charge in [-0.1, -0.05) is 0 Å². The lowest BCUT2D eigenvalue weighted by Gasteiger charge is -2.08. The molecule has 8 nitrogen and oxygen atoms in total. The molecule has 0 fully saturated rings. The summed E-state index contributed by atoms with van der Waals surface area (Å²) in [5.41, 5.74) is 1.51. The number of ether oxygens (including phenoxy) is 1. The minimum absolute atomic E-state index is 0.102. The number of fused-ring (bicyclic) bond motifs is 1. The van der Waals surface area contributed by atoms with E-state index in [0.717, 1.165) is 22.6 Å². The van der Waals surface area contributed by atoms with Crippen molar-refractivity contribution in [1.82, 2.24) is 0 Å². The Bertz CT molecular complexity index is 1620. The zero-order valence-electron chi connectivity index (χ0n) is 18.8. The van der Waals surface area contributed by atoms with Crippen LogP contribution in [0.2, 0.25) is 0 Å². The lowest BCUT2D eigenvalue weighted by Crippen LogP contribution is -2.06. The van der Waals surface area contributed by atoms with E-state index in [0.29, 0.717) is 27.3 Å². The molecule has 0 saturated carbocycles. The van der Waals surface area contributed by atoms with E-state index >= 15 is 0 Å². The first-order valence-electron chi connectivity index (χ1n) is 10.1. The summed E-state index contributed by atoms with van der Waals surface area (Å²) in [4.78, 5) is 14.3. The molecule has 0 bridgehead atoms. The number of rotatable bonds is 8. The first-order chi connectivity index (χ1) is 16.4. The summed E-state index contributed by atoms with van der Waals surface area (Å²) in [7, 11) is -5.80. The van der Waals surface area contributed by atoms with Crippen LogP contribution in [0.25, 0.3) is 20.5 Å². The highest BCUT2D eigenvalue weighted by Gasteiger charge is 2.22. The Morgan fingerprint density at radius 3 is 1.77 bits per heavy atom. The van der Waals surface area contributed by atoms with Gasteiger partial charge in [-0.3, -0.25) is 4.79 Å². The Morgan fingerprint density at radius 2 is 1.26 bits per heavy atom. The van der Waals surface area contributed by atoms with Crippen LogP contribution in [0.1, 0.15) is 15.9 Å². The highest BCUT2D eigenvalue weighted by atomic mass is 32.2. The summed E-state index contributed by atoms with van der Waals surface area (Å²) >= 11 is 1.40. The monoisotopic (exact) mass is 532 g/mol. The molecule has 35 heavy (non-hydrogen) atoms. The predicted molar refractivity (Wildman–Crippen MR) is 135 cm³/mol. The minimum atomic E-state index is -3.69. The number of thiophene rings is 1. The molecular formula is C24H20O8S3. The Labute approximate surface area is 206 Å². The van der Waals surface area contributed by atoms with Crippen molar-refractivity contribution in [2.45, 2.75) is 0 Å². The Hall–Kier alpha value is -3.41. The summed E-state index contributed by atoms with van der Waals surface area (Å²) in [6.07, 6.45) is 1.90. The average Bonchev–Trinajstić information content (AvgIpc) is 3.16. The quantitative estimate of drug-likeness (QED) is 0.241. The van der Waals surface area contributed by atoms with Crippen molar-refractivity contribution in [1.29, 1.82) is 0 Å². The number of benzene rings is 3. The molecule has 0 spiro atoms. The molecule has 0 aliphatic carbocycles. The molecule has 0 radical (unpaired) electrons. The number of hydrogen-bond acceptors (Lipinski definition) is 9. The van der Waals surface area contributed by atoms with E-state index in [1.165, 1.54) is 47.7 Å². The van der Waals surface area contributed by atoms with Crippen molar-refractivity contribution in [3.05, 3.63) is 77.9 Å². The molecule has 0 aliphatic rings. The van der Waals surface area contributed by atoms with Crippen molar-refractivity contribution in [2.24, 2.45) is 0 Å². The van der Waals surface area contributed by atoms with Crippen molar-refractivity contribution in [3.8, 4) is 27.7 Å². The number of carbonyl (C=O) groups excluding carboxylic acids is 1. The van der Waals surface area contributed by atoms with Crippen LogP contribution >= 0.6 is 11.3 Å². The Kier molecular flexibility index (Phi) is 6.58. The van der Waals surface area contributed by atoms with Gasteiger partial charge in [0.15, 0.2) is 5.78 Å². The number of methoxy groups -OCH3 is 1. The van der Waals surface area contributed by atoms with Crippen LogP contribution in [0.5, 0.6) is 17.2 Å². The van der Waals surface area contributed by atoms with Gasteiger partial charge in [-0.05, 0) is 72.3 Å². The largest absolute Gasteiger partial charge is 0.497 e. The summed E-state index contributed by atoms with van der Waals surface area (Å²) in [5.74, 6) is 0.640. The van der Waals surface area contributed by atoms with Gasteiger partial charge in [0.2, 0.25) is 0 Å². The fraction of sp³-hybridized carbons (Fsp3) is 0.125. The molecule has 182 valence electrons. The predicted octanol–water partition coefficient (Wildman–Crippen LogP) is 4.48. The standard InChI is InChI=1S/C24H20O8S3/c1-30-19-12-13-20-21(14-19)33-24(16-6-10-18(11-7-16)32-35(3,28)29)22(20)23(25)15-4-8-17(9-5-15)31-34(2,26)27/h4-14H,1-3H3. The Balaban J connectivity index is 1.80. The van der Waals surface area contributed by atoms with Crippen molar-refractivity contribution >= 4 is 47.4 Å². The lowest BCUT2D eigenvalue weighted by atomic mass is 9.97. The van der Waals surface area contributed by atoms with Crippen LogP contribution in [0.4, 0.5) is 0 Å². The zero-order chi connectivity index (χ0) is 25.4. The third-order valence-corrected chi connectivity index (χ3v) is 7.04. The van der Waals surface area contributed by atoms with Gasteiger partial charge in [0.1, 0.15) is 17.2 Å². The molecular weight excluding hydrogens is 512 g/mol. The summed E-state index contributed by atoms with van der Waals surface area (Å²) in [6, 6.07) is 17.7. The van der Waals surface area contributed by atoms with Crippen LogP contribution in [0.3, 0.4) is 0 Å². The summed E-state index contributed by atoms with van der Waals surface area (Å²) < 4.78 is 61.5. The lowest BCUT2D eigenvalue weighted by molar-refractivity contribution is 0.104. The van der Waals surface area contributed by atoms with Gasteiger partial charge in [0.25, 0.3) is 0 Å². The molecule has 1 aromatic heterocycles. The molecule has 0 aliphatic heterocycles. The maximum atomic E-state index is 13.6. The van der Waals surface area contributed by atoms with E-state index in [1.54, 1.807) is 25.3 Å². The van der Waals surface area contributed by atoms with Crippen molar-refractivity contribution < 1.29 is 34.7 Å². The van der Waals surface area contributed by atoms with E-state index in [-0.39, 0.29) is 17.3 Å². The van der Waals surface area contributed by atoms with Crippen LogP contribution in [-0.2, 0) is 20.2 Å². The normalized spacial score (nSPS) is 11.9. The topological polar surface area (TPSA) is 113 Å². The first kappa shape index (κ1) is 24.7. The summed E-state index contributed by atoms with van der Waals surface area (Å²) in [6.45, 7) is 0. The van der Waals surface area contributed by atoms with Crippen LogP contribution in [-0.4, -0.2) is 42.2 Å². The highest BCUT2D eigenvalue weighted by molar-refractivity contribution is 7.86. The van der Waals surface area contributed by atoms with E-state index < -0.39 is 20.2 Å². The maximum absolute atomic E-state index is 13.6. The second-order valence-corrected chi connectivity index (χ2v) is 11.8. The molecule has 0 amide bonds. The van der Waals surface area contributed by atoms with E-state index in [1.807, 2.05) is 12.1 Å². The van der Waals surface area contributed by atoms with Crippen LogP contribution < -0.4 is 13.1 Å². The van der Waals surface area contributed by atoms with Gasteiger partial charge in [-0.25, -0.2) is 0 Å². The number of carbonyl (C=O) groups is 1. The van der Waals surface area contributed by atoms with Crippen LogP contribution in [0, 0.1) is 0 Å². The van der Waals surface area contributed by atoms with Gasteiger partial charge < -0.3 is 13.1 Å². The molecule has 4 rings (SSSR count). The van der Waals surface area contributed by atoms with Gasteiger partial charge in [0.05, 0.1) is 19.6 Å². The van der Waals surface area contributed by atoms with E-state index in [9.17, 15) is 21.6 Å². The smallest absolute Gasteiger partial charge is 0.306 e. The Morgan fingerprint density at radius 1 is 0.743 bits per heavy atom. The molecule has 0 N–H and O–H groups in total. The molecule has 11 heteroatoms. The average molecular weight is 533 g/mol. The molecule has 0 saturated heterocycles. The first-order valence-corrected chi connectivity index (χ1v) is 14.5. The SMILES string of the molecule is COc1ccc2c(C(=O)c3ccc(OS(C)(=O)=O)cc3)c(-c3ccc(OS(C)(=O)=O)cc3)sc2c1. The second-order valence-electron chi connectivity index (χ2n) is 7.62. The molecule has 4 aromatic rings. The highest BCUT2D eigenvalue weighted by Crippen LogP contribution is 2.41. The second kappa shape index (κ2) is 9.33. The molecule has 1 heterocycles. The van der Waals surface area contributed by atoms with E-state index in [2.05, 4.69) is 0 Å². The summed E-state index contributed by atoms with van der Waals surface area (Å²) in [5, 5.41) is 0.726.